The van der Waals surface area contributed by atoms with Crippen molar-refractivity contribution in [2.75, 3.05) is 11.9 Å². The molecule has 0 aliphatic carbocycles. The van der Waals surface area contributed by atoms with Crippen LogP contribution in [0.25, 0.3) is 0 Å². The fraction of sp³-hybridized carbons (Fsp3) is 0.357. The summed E-state index contributed by atoms with van der Waals surface area (Å²) in [6, 6.07) is 6.96. The van der Waals surface area contributed by atoms with Crippen LogP contribution in [0.1, 0.15) is 13.8 Å². The summed E-state index contributed by atoms with van der Waals surface area (Å²) in [5.74, 6) is -0.603. The highest BCUT2D eigenvalue weighted by Gasteiger charge is 2.38. The topological polar surface area (TPSA) is 84.5 Å². The van der Waals surface area contributed by atoms with Crippen molar-refractivity contribution < 1.29 is 19.1 Å². The summed E-state index contributed by atoms with van der Waals surface area (Å²) in [5, 5.41) is 3.81. The smallest absolute Gasteiger partial charge is 0.286 e. The van der Waals surface area contributed by atoms with Crippen LogP contribution in [0.5, 0.6) is 5.75 Å². The van der Waals surface area contributed by atoms with E-state index in [1.807, 2.05) is 6.92 Å². The monoisotopic (exact) mass is 308 g/mol. The lowest BCUT2D eigenvalue weighted by Crippen LogP contribution is -2.35. The molecule has 3 amide bonds. The summed E-state index contributed by atoms with van der Waals surface area (Å²) in [6.45, 7) is 4.09. The summed E-state index contributed by atoms with van der Waals surface area (Å²) in [4.78, 5) is 34.8. The number of nitrogens with one attached hydrogen (secondary N) is 2. The summed E-state index contributed by atoms with van der Waals surface area (Å²) in [6.07, 6.45) is 0. The first-order chi connectivity index (χ1) is 10.0. The molecule has 2 atom stereocenters. The van der Waals surface area contributed by atoms with Gasteiger partial charge in [-0.1, -0.05) is 18.7 Å². The Morgan fingerprint density at radius 3 is 2.57 bits per heavy atom. The molecule has 21 heavy (non-hydrogen) atoms. The van der Waals surface area contributed by atoms with Gasteiger partial charge in [0.05, 0.1) is 12.5 Å². The van der Waals surface area contributed by atoms with Gasteiger partial charge in [0.15, 0.2) is 0 Å². The second-order valence-electron chi connectivity index (χ2n) is 4.55. The van der Waals surface area contributed by atoms with Crippen molar-refractivity contribution in [1.29, 1.82) is 0 Å². The molecule has 1 aromatic rings. The van der Waals surface area contributed by atoms with Crippen LogP contribution >= 0.6 is 11.8 Å². The maximum Gasteiger partial charge on any atom is 0.286 e. The number of hydrogen-bond donors (Lipinski definition) is 2. The summed E-state index contributed by atoms with van der Waals surface area (Å²) in [7, 11) is 0. The van der Waals surface area contributed by atoms with Crippen molar-refractivity contribution in [3.05, 3.63) is 24.3 Å². The van der Waals surface area contributed by atoms with E-state index < -0.39 is 22.3 Å². The predicted octanol–water partition coefficient (Wildman–Crippen LogP) is 2.01. The van der Waals surface area contributed by atoms with E-state index in [2.05, 4.69) is 10.6 Å². The third-order valence-electron chi connectivity index (χ3n) is 3.02. The van der Waals surface area contributed by atoms with Gasteiger partial charge >= 0.3 is 0 Å². The SMILES string of the molecule is CCOc1ccc(NC(=O)C(C)C2SC(=O)NC2=O)cc1. The van der Waals surface area contributed by atoms with Crippen LogP contribution in [0.4, 0.5) is 10.5 Å². The highest BCUT2D eigenvalue weighted by Crippen LogP contribution is 2.27. The lowest BCUT2D eigenvalue weighted by molar-refractivity contribution is -0.125. The van der Waals surface area contributed by atoms with Crippen molar-refractivity contribution in [3.63, 3.8) is 0 Å². The summed E-state index contributed by atoms with van der Waals surface area (Å²) < 4.78 is 5.31. The molecular formula is C14H16N2O4S. The van der Waals surface area contributed by atoms with Crippen LogP contribution < -0.4 is 15.4 Å². The quantitative estimate of drug-likeness (QED) is 0.869. The number of carbonyl (C=O) groups is 3. The van der Waals surface area contributed by atoms with Crippen LogP contribution in [-0.4, -0.2) is 28.9 Å². The van der Waals surface area contributed by atoms with Crippen molar-refractivity contribution in [2.24, 2.45) is 5.92 Å². The van der Waals surface area contributed by atoms with E-state index in [1.165, 1.54) is 0 Å². The highest BCUT2D eigenvalue weighted by molar-refractivity contribution is 8.15. The molecule has 0 aromatic heterocycles. The number of ether oxygens (including phenoxy) is 1. The molecule has 1 aliphatic rings. The fourth-order valence-corrected chi connectivity index (χ4v) is 2.78. The Morgan fingerprint density at radius 2 is 2.05 bits per heavy atom. The number of carbonyl (C=O) groups excluding carboxylic acids is 3. The van der Waals surface area contributed by atoms with E-state index in [0.717, 1.165) is 17.5 Å². The number of anilines is 1. The van der Waals surface area contributed by atoms with E-state index in [1.54, 1.807) is 31.2 Å². The Labute approximate surface area is 126 Å². The Bertz CT molecular complexity index is 559. The maximum atomic E-state index is 12.1. The second kappa shape index (κ2) is 6.62. The molecule has 1 aromatic carbocycles. The van der Waals surface area contributed by atoms with Gasteiger partial charge in [0.25, 0.3) is 5.24 Å². The lowest BCUT2D eigenvalue weighted by atomic mass is 10.1. The van der Waals surface area contributed by atoms with Crippen molar-refractivity contribution in [1.82, 2.24) is 5.32 Å². The largest absolute Gasteiger partial charge is 0.494 e. The molecule has 1 fully saturated rings. The standard InChI is InChI=1S/C14H16N2O4S/c1-3-20-10-6-4-9(5-7-10)15-12(17)8(2)11-13(18)16-14(19)21-11/h4-8,11H,3H2,1-2H3,(H,15,17)(H,16,18,19). The predicted molar refractivity (Wildman–Crippen MR) is 80.3 cm³/mol. The van der Waals surface area contributed by atoms with Crippen molar-refractivity contribution in [2.45, 2.75) is 19.1 Å². The van der Waals surface area contributed by atoms with Gasteiger partial charge in [-0.25, -0.2) is 0 Å². The number of thioether (sulfide) groups is 1. The highest BCUT2D eigenvalue weighted by atomic mass is 32.2. The second-order valence-corrected chi connectivity index (χ2v) is 5.66. The average Bonchev–Trinajstić information content (AvgIpc) is 2.79. The number of hydrogen-bond acceptors (Lipinski definition) is 5. The number of amides is 3. The lowest BCUT2D eigenvalue weighted by Gasteiger charge is -2.15. The molecule has 112 valence electrons. The Kier molecular flexibility index (Phi) is 4.85. The van der Waals surface area contributed by atoms with Crippen LogP contribution in [-0.2, 0) is 9.59 Å². The van der Waals surface area contributed by atoms with Gasteiger partial charge in [-0.05, 0) is 31.2 Å². The van der Waals surface area contributed by atoms with Gasteiger partial charge in [0.2, 0.25) is 11.8 Å². The Morgan fingerprint density at radius 1 is 1.38 bits per heavy atom. The number of benzene rings is 1. The fourth-order valence-electron chi connectivity index (χ4n) is 1.89. The molecule has 7 heteroatoms. The van der Waals surface area contributed by atoms with Crippen LogP contribution in [0.15, 0.2) is 24.3 Å². The van der Waals surface area contributed by atoms with Crippen LogP contribution in [0.3, 0.4) is 0 Å². The van der Waals surface area contributed by atoms with E-state index in [-0.39, 0.29) is 5.91 Å². The zero-order valence-electron chi connectivity index (χ0n) is 11.7. The molecule has 0 spiro atoms. The number of imide groups is 1. The molecule has 0 radical (unpaired) electrons. The van der Waals surface area contributed by atoms with Gasteiger partial charge in [-0.3, -0.25) is 19.7 Å². The van der Waals surface area contributed by atoms with Crippen LogP contribution in [0.2, 0.25) is 0 Å². The van der Waals surface area contributed by atoms with Crippen molar-refractivity contribution >= 4 is 34.5 Å². The minimum absolute atomic E-state index is 0.304. The Hall–Kier alpha value is -2.02. The molecular weight excluding hydrogens is 292 g/mol. The average molecular weight is 308 g/mol. The van der Waals surface area contributed by atoms with Crippen molar-refractivity contribution in [3.8, 4) is 5.75 Å². The molecule has 1 heterocycles. The maximum absolute atomic E-state index is 12.1. The molecule has 2 unspecified atom stereocenters. The molecule has 0 saturated carbocycles. The van der Waals surface area contributed by atoms with E-state index in [4.69, 9.17) is 4.74 Å². The van der Waals surface area contributed by atoms with E-state index >= 15 is 0 Å². The minimum Gasteiger partial charge on any atom is -0.494 e. The molecule has 0 bridgehead atoms. The molecule has 6 nitrogen and oxygen atoms in total. The third kappa shape index (κ3) is 3.75. The molecule has 2 rings (SSSR count). The number of rotatable bonds is 5. The zero-order chi connectivity index (χ0) is 15.4. The first-order valence-corrected chi connectivity index (χ1v) is 7.44. The summed E-state index contributed by atoms with van der Waals surface area (Å²) in [5.41, 5.74) is 0.616. The first-order valence-electron chi connectivity index (χ1n) is 6.56. The third-order valence-corrected chi connectivity index (χ3v) is 4.21. The first kappa shape index (κ1) is 15.4. The summed E-state index contributed by atoms with van der Waals surface area (Å²) >= 11 is 0.849. The van der Waals surface area contributed by atoms with Gasteiger partial charge in [-0.2, -0.15) is 0 Å². The molecule has 2 N–H and O–H groups in total. The Balaban J connectivity index is 1.97. The van der Waals surface area contributed by atoms with Gasteiger partial charge < -0.3 is 10.1 Å². The molecule has 1 saturated heterocycles. The zero-order valence-corrected chi connectivity index (χ0v) is 12.5. The van der Waals surface area contributed by atoms with Gasteiger partial charge in [0, 0.05) is 5.69 Å². The molecule has 1 aliphatic heterocycles. The minimum atomic E-state index is -0.680. The van der Waals surface area contributed by atoms with E-state index in [0.29, 0.717) is 12.3 Å². The van der Waals surface area contributed by atoms with E-state index in [9.17, 15) is 14.4 Å². The normalized spacial score (nSPS) is 19.0. The van der Waals surface area contributed by atoms with Gasteiger partial charge in [-0.15, -0.1) is 0 Å². The van der Waals surface area contributed by atoms with Crippen LogP contribution in [0, 0.1) is 5.92 Å². The van der Waals surface area contributed by atoms with Gasteiger partial charge in [0.1, 0.15) is 11.0 Å².